The van der Waals surface area contributed by atoms with E-state index < -0.39 is 0 Å². The average Bonchev–Trinajstić information content (AvgIpc) is 2.91. The molecule has 0 saturated heterocycles. The number of ether oxygens (including phenoxy) is 1. The molecule has 0 unspecified atom stereocenters. The van der Waals surface area contributed by atoms with Gasteiger partial charge in [0.25, 0.3) is 5.91 Å². The monoisotopic (exact) mass is 359 g/mol. The summed E-state index contributed by atoms with van der Waals surface area (Å²) in [6, 6.07) is 3.02. The van der Waals surface area contributed by atoms with Crippen LogP contribution in [-0.4, -0.2) is 22.7 Å². The van der Waals surface area contributed by atoms with E-state index in [4.69, 9.17) is 27.9 Å². The minimum Gasteiger partial charge on any atom is -0.491 e. The molecule has 8 heteroatoms. The standard InChI is InChI=1S/C14H15Cl2N3O2S/c1-4-21-11-9(15)5-8(6-10(11)16)12(20)17-14-19-18-13(22-14)7(2)3/h5-7H,4H2,1-3H3,(H,17,19,20). The van der Waals surface area contributed by atoms with E-state index in [1.54, 1.807) is 0 Å². The summed E-state index contributed by atoms with van der Waals surface area (Å²) in [7, 11) is 0. The molecule has 1 heterocycles. The zero-order chi connectivity index (χ0) is 16.3. The van der Waals surface area contributed by atoms with Crippen LogP contribution in [0.15, 0.2) is 12.1 Å². The molecule has 0 aliphatic rings. The molecule has 1 aromatic carbocycles. The normalized spacial score (nSPS) is 10.8. The Bertz CT molecular complexity index is 665. The van der Waals surface area contributed by atoms with Gasteiger partial charge < -0.3 is 4.74 Å². The van der Waals surface area contributed by atoms with E-state index >= 15 is 0 Å². The largest absolute Gasteiger partial charge is 0.491 e. The third kappa shape index (κ3) is 3.88. The Morgan fingerprint density at radius 2 is 1.95 bits per heavy atom. The van der Waals surface area contributed by atoms with E-state index in [9.17, 15) is 4.79 Å². The Kier molecular flexibility index (Phi) is 5.61. The molecule has 0 aliphatic heterocycles. The van der Waals surface area contributed by atoms with Crippen LogP contribution in [-0.2, 0) is 0 Å². The molecule has 22 heavy (non-hydrogen) atoms. The van der Waals surface area contributed by atoms with E-state index in [2.05, 4.69) is 15.5 Å². The van der Waals surface area contributed by atoms with Crippen LogP contribution >= 0.6 is 34.5 Å². The van der Waals surface area contributed by atoms with E-state index in [1.165, 1.54) is 23.5 Å². The summed E-state index contributed by atoms with van der Waals surface area (Å²) in [5.41, 5.74) is 0.333. The van der Waals surface area contributed by atoms with Gasteiger partial charge in [-0.3, -0.25) is 10.1 Å². The summed E-state index contributed by atoms with van der Waals surface area (Å²) in [6.45, 7) is 6.29. The van der Waals surface area contributed by atoms with Gasteiger partial charge >= 0.3 is 0 Å². The maximum atomic E-state index is 12.2. The number of benzene rings is 1. The zero-order valence-corrected chi connectivity index (χ0v) is 14.6. The number of carbonyl (C=O) groups excluding carboxylic acids is 1. The van der Waals surface area contributed by atoms with Crippen LogP contribution < -0.4 is 10.1 Å². The molecule has 5 nitrogen and oxygen atoms in total. The Hall–Kier alpha value is -1.37. The highest BCUT2D eigenvalue weighted by molar-refractivity contribution is 7.15. The smallest absolute Gasteiger partial charge is 0.257 e. The SMILES string of the molecule is CCOc1c(Cl)cc(C(=O)Nc2nnc(C(C)C)s2)cc1Cl. The third-order valence-electron chi connectivity index (χ3n) is 2.70. The van der Waals surface area contributed by atoms with Crippen molar-refractivity contribution in [3.05, 3.63) is 32.7 Å². The molecule has 0 radical (unpaired) electrons. The van der Waals surface area contributed by atoms with Gasteiger partial charge in [-0.25, -0.2) is 0 Å². The predicted molar refractivity (Wildman–Crippen MR) is 89.6 cm³/mol. The van der Waals surface area contributed by atoms with Crippen molar-refractivity contribution in [1.82, 2.24) is 10.2 Å². The van der Waals surface area contributed by atoms with Gasteiger partial charge in [0.15, 0.2) is 5.75 Å². The van der Waals surface area contributed by atoms with Crippen LogP contribution in [0.4, 0.5) is 5.13 Å². The third-order valence-corrected chi connectivity index (χ3v) is 4.40. The topological polar surface area (TPSA) is 64.1 Å². The van der Waals surface area contributed by atoms with Crippen LogP contribution in [0.25, 0.3) is 0 Å². The number of nitrogens with one attached hydrogen (secondary N) is 1. The molecule has 0 aliphatic carbocycles. The zero-order valence-electron chi connectivity index (χ0n) is 12.3. The lowest BCUT2D eigenvalue weighted by Crippen LogP contribution is -2.12. The molecule has 1 aromatic heterocycles. The fourth-order valence-corrected chi connectivity index (χ4v) is 3.00. The molecule has 2 aromatic rings. The second-order valence-corrected chi connectivity index (χ2v) is 6.58. The number of hydrogen-bond acceptors (Lipinski definition) is 5. The number of rotatable bonds is 5. The summed E-state index contributed by atoms with van der Waals surface area (Å²) in [5, 5.41) is 12.5. The second kappa shape index (κ2) is 7.26. The summed E-state index contributed by atoms with van der Waals surface area (Å²) in [6.07, 6.45) is 0. The van der Waals surface area contributed by atoms with Gasteiger partial charge in [-0.15, -0.1) is 10.2 Å². The fourth-order valence-electron chi connectivity index (χ4n) is 1.66. The molecule has 1 N–H and O–H groups in total. The second-order valence-electron chi connectivity index (χ2n) is 4.76. The predicted octanol–water partition coefficient (Wildman–Crippen LogP) is 4.62. The van der Waals surface area contributed by atoms with Gasteiger partial charge in [0.2, 0.25) is 5.13 Å². The minimum absolute atomic E-state index is 0.262. The maximum absolute atomic E-state index is 12.2. The first kappa shape index (κ1) is 17.0. The maximum Gasteiger partial charge on any atom is 0.257 e. The number of anilines is 1. The van der Waals surface area contributed by atoms with Crippen LogP contribution in [0.1, 0.15) is 42.1 Å². The number of hydrogen-bond donors (Lipinski definition) is 1. The van der Waals surface area contributed by atoms with Crippen molar-refractivity contribution < 1.29 is 9.53 Å². The van der Waals surface area contributed by atoms with Gasteiger partial charge in [0.05, 0.1) is 16.7 Å². The molecule has 118 valence electrons. The van der Waals surface area contributed by atoms with Crippen molar-refractivity contribution in [1.29, 1.82) is 0 Å². The Morgan fingerprint density at radius 3 is 2.45 bits per heavy atom. The van der Waals surface area contributed by atoms with Crippen LogP contribution in [0.5, 0.6) is 5.75 Å². The lowest BCUT2D eigenvalue weighted by molar-refractivity contribution is 0.102. The molecule has 0 atom stereocenters. The lowest BCUT2D eigenvalue weighted by Gasteiger charge is -2.09. The molecule has 0 spiro atoms. The Labute approximate surface area is 142 Å². The number of halogens is 2. The quantitative estimate of drug-likeness (QED) is 0.845. The van der Waals surface area contributed by atoms with Crippen molar-refractivity contribution in [2.45, 2.75) is 26.7 Å². The average molecular weight is 360 g/mol. The number of aromatic nitrogens is 2. The van der Waals surface area contributed by atoms with E-state index in [0.29, 0.717) is 33.1 Å². The summed E-state index contributed by atoms with van der Waals surface area (Å²) in [5.74, 6) is 0.288. The minimum atomic E-state index is -0.349. The van der Waals surface area contributed by atoms with Gasteiger partial charge in [0, 0.05) is 11.5 Å². The van der Waals surface area contributed by atoms with Gasteiger partial charge in [0.1, 0.15) is 5.01 Å². The molecule has 1 amide bonds. The highest BCUT2D eigenvalue weighted by Gasteiger charge is 2.16. The number of nitrogens with zero attached hydrogens (tertiary/aromatic N) is 2. The molecule has 0 fully saturated rings. The number of carbonyl (C=O) groups is 1. The van der Waals surface area contributed by atoms with E-state index in [1.807, 2.05) is 20.8 Å². The van der Waals surface area contributed by atoms with Crippen LogP contribution in [0.2, 0.25) is 10.0 Å². The number of amides is 1. The Morgan fingerprint density at radius 1 is 1.32 bits per heavy atom. The van der Waals surface area contributed by atoms with Gasteiger partial charge in [-0.1, -0.05) is 48.4 Å². The first-order valence-corrected chi connectivity index (χ1v) is 8.26. The van der Waals surface area contributed by atoms with E-state index in [0.717, 1.165) is 5.01 Å². The molecule has 0 saturated carbocycles. The summed E-state index contributed by atoms with van der Waals surface area (Å²) in [4.78, 5) is 12.2. The highest BCUT2D eigenvalue weighted by atomic mass is 35.5. The Balaban J connectivity index is 2.18. The fraction of sp³-hybridized carbons (Fsp3) is 0.357. The molecule has 0 bridgehead atoms. The van der Waals surface area contributed by atoms with Crippen LogP contribution in [0.3, 0.4) is 0 Å². The van der Waals surface area contributed by atoms with Crippen molar-refractivity contribution in [2.24, 2.45) is 0 Å². The van der Waals surface area contributed by atoms with Crippen molar-refractivity contribution in [3.63, 3.8) is 0 Å². The van der Waals surface area contributed by atoms with Crippen molar-refractivity contribution >= 4 is 45.6 Å². The molecule has 2 rings (SSSR count). The molecular weight excluding hydrogens is 345 g/mol. The van der Waals surface area contributed by atoms with Crippen LogP contribution in [0, 0.1) is 0 Å². The highest BCUT2D eigenvalue weighted by Crippen LogP contribution is 2.34. The van der Waals surface area contributed by atoms with Gasteiger partial charge in [-0.05, 0) is 19.1 Å². The first-order valence-electron chi connectivity index (χ1n) is 6.69. The molecular formula is C14H15Cl2N3O2S. The van der Waals surface area contributed by atoms with E-state index in [-0.39, 0.29) is 11.8 Å². The van der Waals surface area contributed by atoms with Crippen molar-refractivity contribution in [3.8, 4) is 5.75 Å². The summed E-state index contributed by atoms with van der Waals surface area (Å²) < 4.78 is 5.33. The first-order chi connectivity index (χ1) is 10.4. The van der Waals surface area contributed by atoms with Crippen molar-refractivity contribution in [2.75, 3.05) is 11.9 Å². The summed E-state index contributed by atoms with van der Waals surface area (Å²) >= 11 is 13.5. The van der Waals surface area contributed by atoms with Gasteiger partial charge in [-0.2, -0.15) is 0 Å². The lowest BCUT2D eigenvalue weighted by atomic mass is 10.2.